The molecule has 0 amide bonds. The third kappa shape index (κ3) is 5.25. The van der Waals surface area contributed by atoms with E-state index in [0.29, 0.717) is 13.1 Å². The van der Waals surface area contributed by atoms with Gasteiger partial charge in [-0.05, 0) is 25.8 Å². The van der Waals surface area contributed by atoms with E-state index in [0.717, 1.165) is 19.3 Å². The van der Waals surface area contributed by atoms with Gasteiger partial charge in [0, 0.05) is 18.6 Å². The van der Waals surface area contributed by atoms with E-state index in [2.05, 4.69) is 0 Å². The van der Waals surface area contributed by atoms with Crippen LogP contribution >= 0.6 is 0 Å². The lowest BCUT2D eigenvalue weighted by Crippen LogP contribution is -2.54. The molecule has 5 heteroatoms. The third-order valence-corrected chi connectivity index (χ3v) is 3.53. The summed E-state index contributed by atoms with van der Waals surface area (Å²) in [4.78, 5) is 1.92. The molecular formula is C12H25F3N2. The standard InChI is InChI=1S/C12H25F3N2/c1-4-8-17(9-7-12(13,14)15)11(5-2,6-3)10-16/h4-10,16H2,1-3H3. The van der Waals surface area contributed by atoms with Crippen LogP contribution in [0.2, 0.25) is 0 Å². The quantitative estimate of drug-likeness (QED) is 0.721. The van der Waals surface area contributed by atoms with Crippen molar-refractivity contribution in [1.82, 2.24) is 4.90 Å². The zero-order valence-electron chi connectivity index (χ0n) is 11.1. The summed E-state index contributed by atoms with van der Waals surface area (Å²) in [7, 11) is 0. The summed E-state index contributed by atoms with van der Waals surface area (Å²) in [5.41, 5.74) is 5.50. The summed E-state index contributed by atoms with van der Waals surface area (Å²) in [6, 6.07) is 0. The van der Waals surface area contributed by atoms with Crippen LogP contribution in [0.4, 0.5) is 13.2 Å². The third-order valence-electron chi connectivity index (χ3n) is 3.53. The fourth-order valence-corrected chi connectivity index (χ4v) is 2.23. The van der Waals surface area contributed by atoms with Crippen molar-refractivity contribution in [2.75, 3.05) is 19.6 Å². The molecule has 17 heavy (non-hydrogen) atoms. The van der Waals surface area contributed by atoms with Crippen molar-refractivity contribution in [3.05, 3.63) is 0 Å². The van der Waals surface area contributed by atoms with Crippen LogP contribution in [-0.2, 0) is 0 Å². The first-order valence-corrected chi connectivity index (χ1v) is 6.37. The van der Waals surface area contributed by atoms with E-state index in [4.69, 9.17) is 5.73 Å². The average molecular weight is 254 g/mol. The van der Waals surface area contributed by atoms with Gasteiger partial charge >= 0.3 is 6.18 Å². The number of nitrogens with zero attached hydrogens (tertiary/aromatic N) is 1. The van der Waals surface area contributed by atoms with Crippen LogP contribution in [0.3, 0.4) is 0 Å². The molecule has 0 radical (unpaired) electrons. The smallest absolute Gasteiger partial charge is 0.329 e. The maximum Gasteiger partial charge on any atom is 0.390 e. The van der Waals surface area contributed by atoms with E-state index in [1.54, 1.807) is 0 Å². The predicted molar refractivity (Wildman–Crippen MR) is 64.9 cm³/mol. The first-order chi connectivity index (χ1) is 7.85. The van der Waals surface area contributed by atoms with Crippen LogP contribution in [0.1, 0.15) is 46.5 Å². The van der Waals surface area contributed by atoms with Gasteiger partial charge in [-0.1, -0.05) is 20.8 Å². The van der Waals surface area contributed by atoms with Gasteiger partial charge in [-0.3, -0.25) is 4.90 Å². The Morgan fingerprint density at radius 1 is 1.00 bits per heavy atom. The van der Waals surface area contributed by atoms with Gasteiger partial charge < -0.3 is 5.73 Å². The minimum atomic E-state index is -4.09. The van der Waals surface area contributed by atoms with Crippen LogP contribution < -0.4 is 5.73 Å². The fourth-order valence-electron chi connectivity index (χ4n) is 2.23. The highest BCUT2D eigenvalue weighted by atomic mass is 19.4. The second-order valence-electron chi connectivity index (χ2n) is 4.49. The zero-order valence-corrected chi connectivity index (χ0v) is 11.1. The van der Waals surface area contributed by atoms with Crippen molar-refractivity contribution < 1.29 is 13.2 Å². The Kier molecular flexibility index (Phi) is 7.09. The lowest BCUT2D eigenvalue weighted by molar-refractivity contribution is -0.141. The lowest BCUT2D eigenvalue weighted by Gasteiger charge is -2.42. The van der Waals surface area contributed by atoms with Gasteiger partial charge in [0.05, 0.1) is 6.42 Å². The van der Waals surface area contributed by atoms with E-state index in [1.165, 1.54) is 0 Å². The summed E-state index contributed by atoms with van der Waals surface area (Å²) in [5.74, 6) is 0. The summed E-state index contributed by atoms with van der Waals surface area (Å²) >= 11 is 0. The van der Waals surface area contributed by atoms with Crippen molar-refractivity contribution in [3.8, 4) is 0 Å². The minimum Gasteiger partial charge on any atom is -0.329 e. The van der Waals surface area contributed by atoms with Crippen LogP contribution in [-0.4, -0.2) is 36.2 Å². The number of nitrogens with two attached hydrogens (primary N) is 1. The van der Waals surface area contributed by atoms with Crippen LogP contribution in [0.25, 0.3) is 0 Å². The molecule has 0 aromatic heterocycles. The first-order valence-electron chi connectivity index (χ1n) is 6.37. The van der Waals surface area contributed by atoms with Gasteiger partial charge in [0.2, 0.25) is 0 Å². The number of hydrogen-bond acceptors (Lipinski definition) is 2. The van der Waals surface area contributed by atoms with Crippen molar-refractivity contribution in [3.63, 3.8) is 0 Å². The molecule has 104 valence electrons. The Hall–Kier alpha value is -0.290. The number of hydrogen-bond donors (Lipinski definition) is 1. The molecule has 0 aliphatic rings. The molecule has 0 rings (SSSR count). The largest absolute Gasteiger partial charge is 0.390 e. The Morgan fingerprint density at radius 2 is 1.53 bits per heavy atom. The summed E-state index contributed by atoms with van der Waals surface area (Å²) in [6.07, 6.45) is -2.42. The molecule has 0 aromatic rings. The van der Waals surface area contributed by atoms with Gasteiger partial charge in [-0.15, -0.1) is 0 Å². The van der Waals surface area contributed by atoms with Gasteiger partial charge in [0.1, 0.15) is 0 Å². The van der Waals surface area contributed by atoms with Crippen LogP contribution in [0.5, 0.6) is 0 Å². The highest BCUT2D eigenvalue weighted by Gasteiger charge is 2.35. The van der Waals surface area contributed by atoms with E-state index >= 15 is 0 Å². The molecule has 0 saturated carbocycles. The molecule has 0 bridgehead atoms. The van der Waals surface area contributed by atoms with Crippen molar-refractivity contribution >= 4 is 0 Å². The number of halogens is 3. The number of alkyl halides is 3. The fraction of sp³-hybridized carbons (Fsp3) is 1.00. The molecule has 2 N–H and O–H groups in total. The van der Waals surface area contributed by atoms with E-state index < -0.39 is 12.6 Å². The molecule has 0 aliphatic carbocycles. The molecule has 2 nitrogen and oxygen atoms in total. The average Bonchev–Trinajstić information content (AvgIpc) is 2.27. The summed E-state index contributed by atoms with van der Waals surface area (Å²) in [6.45, 7) is 7.11. The van der Waals surface area contributed by atoms with Crippen molar-refractivity contribution in [1.29, 1.82) is 0 Å². The van der Waals surface area contributed by atoms with Crippen LogP contribution in [0, 0.1) is 0 Å². The van der Waals surface area contributed by atoms with Crippen molar-refractivity contribution in [2.24, 2.45) is 5.73 Å². The number of rotatable bonds is 8. The van der Waals surface area contributed by atoms with E-state index in [9.17, 15) is 13.2 Å². The molecule has 0 fully saturated rings. The summed E-state index contributed by atoms with van der Waals surface area (Å²) in [5, 5.41) is 0. The molecule has 0 spiro atoms. The molecule has 0 atom stereocenters. The van der Waals surface area contributed by atoms with Gasteiger partial charge in [0.25, 0.3) is 0 Å². The maximum atomic E-state index is 12.3. The highest BCUT2D eigenvalue weighted by Crippen LogP contribution is 2.27. The monoisotopic (exact) mass is 254 g/mol. The van der Waals surface area contributed by atoms with Gasteiger partial charge in [-0.25, -0.2) is 0 Å². The second-order valence-corrected chi connectivity index (χ2v) is 4.49. The minimum absolute atomic E-state index is 0.0518. The molecule has 0 aromatic carbocycles. The molecular weight excluding hydrogens is 229 g/mol. The maximum absolute atomic E-state index is 12.3. The van der Waals surface area contributed by atoms with Crippen molar-refractivity contribution in [2.45, 2.75) is 58.2 Å². The Bertz CT molecular complexity index is 192. The first kappa shape index (κ1) is 16.7. The SMILES string of the molecule is CCCN(CCC(F)(F)F)C(CC)(CC)CN. The predicted octanol–water partition coefficient (Wildman–Crippen LogP) is 3.17. The molecule has 0 unspecified atom stereocenters. The Balaban J connectivity index is 4.68. The normalized spacial score (nSPS) is 13.4. The Labute approximate surface area is 102 Å². The Morgan fingerprint density at radius 3 is 1.82 bits per heavy atom. The topological polar surface area (TPSA) is 29.3 Å². The van der Waals surface area contributed by atoms with Gasteiger partial charge in [-0.2, -0.15) is 13.2 Å². The molecule has 0 aliphatic heterocycles. The van der Waals surface area contributed by atoms with Crippen LogP contribution in [0.15, 0.2) is 0 Å². The van der Waals surface area contributed by atoms with E-state index in [-0.39, 0.29) is 12.1 Å². The summed E-state index contributed by atoms with van der Waals surface area (Å²) < 4.78 is 36.9. The highest BCUT2D eigenvalue weighted by molar-refractivity contribution is 4.89. The zero-order chi connectivity index (χ0) is 13.5. The lowest BCUT2D eigenvalue weighted by atomic mass is 9.90. The molecule has 0 saturated heterocycles. The molecule has 0 heterocycles. The van der Waals surface area contributed by atoms with Gasteiger partial charge in [0.15, 0.2) is 0 Å². The van der Waals surface area contributed by atoms with E-state index in [1.807, 2.05) is 25.7 Å². The second kappa shape index (κ2) is 7.21.